The minimum Gasteiger partial charge on any atom is -0.0812 e. The number of rotatable bonds is 3. The van der Waals surface area contributed by atoms with Gasteiger partial charge in [0.05, 0.1) is 4.83 Å². The summed E-state index contributed by atoms with van der Waals surface area (Å²) in [6.07, 6.45) is 0. The molecule has 132 valence electrons. The Hall–Kier alpha value is 3.50. The third-order valence-corrected chi connectivity index (χ3v) is 20.7. The minimum atomic E-state index is -0.694. The van der Waals surface area contributed by atoms with Gasteiger partial charge in [-0.05, 0) is 37.4 Å². The lowest BCUT2D eigenvalue weighted by Crippen LogP contribution is -2.56. The molecule has 0 amide bonds. The first-order valence-electron chi connectivity index (χ1n) is 6.16. The van der Waals surface area contributed by atoms with Gasteiger partial charge in [0.1, 0.15) is 10.8 Å². The molecule has 1 aliphatic rings. The smallest absolute Gasteiger partial charge is 0.0812 e. The highest BCUT2D eigenvalue weighted by Gasteiger charge is 2.65. The van der Waals surface area contributed by atoms with Crippen LogP contribution in [0.5, 0.6) is 0 Å². The minimum absolute atomic E-state index is 0.0908. The van der Waals surface area contributed by atoms with Crippen LogP contribution in [0.15, 0.2) is 48.3 Å². The van der Waals surface area contributed by atoms with Crippen molar-refractivity contribution in [3.8, 4) is 0 Å². The van der Waals surface area contributed by atoms with Gasteiger partial charge in [-0.25, -0.2) is 0 Å². The van der Waals surface area contributed by atoms with E-state index in [2.05, 4.69) is 171 Å². The molecule has 1 aromatic rings. The first-order valence-corrected chi connectivity index (χ1v) is 14.2. The van der Waals surface area contributed by atoms with Crippen molar-refractivity contribution in [1.29, 1.82) is 0 Å². The maximum absolute atomic E-state index is 3.97. The van der Waals surface area contributed by atoms with E-state index < -0.39 is 10.8 Å². The highest BCUT2D eigenvalue weighted by atomic mass is 79.9. The molecule has 1 aromatic carbocycles. The van der Waals surface area contributed by atoms with Crippen molar-refractivity contribution in [2.75, 3.05) is 0 Å². The number of benzene rings is 1. The van der Waals surface area contributed by atoms with E-state index in [4.69, 9.17) is 0 Å². The van der Waals surface area contributed by atoms with Crippen LogP contribution in [-0.2, 0) is 3.23 Å². The molecule has 0 heterocycles. The van der Waals surface area contributed by atoms with E-state index in [0.29, 0.717) is 0 Å². The average Bonchev–Trinajstić information content (AvgIpc) is 2.56. The Morgan fingerprint density at radius 3 is 1.83 bits per heavy atom. The molecule has 0 nitrogen and oxygen atoms in total. The lowest BCUT2D eigenvalue weighted by Gasteiger charge is -2.50. The molecule has 0 bridgehead atoms. The van der Waals surface area contributed by atoms with Crippen LogP contribution < -0.4 is 0 Å². The molecule has 0 radical (unpaired) electrons. The summed E-state index contributed by atoms with van der Waals surface area (Å²) >= 11 is 38.0. The fraction of sp³-hybridized carbons (Fsp3) is 0.286. The Morgan fingerprint density at radius 2 is 1.33 bits per heavy atom. The van der Waals surface area contributed by atoms with Crippen molar-refractivity contribution in [2.45, 2.75) is 15.6 Å². The summed E-state index contributed by atoms with van der Waals surface area (Å²) < 4.78 is 1.82. The van der Waals surface area contributed by atoms with Crippen LogP contribution in [0.25, 0.3) is 0 Å². The van der Waals surface area contributed by atoms with Gasteiger partial charge in [0.2, 0.25) is 0 Å². The van der Waals surface area contributed by atoms with E-state index in [0.717, 1.165) is 23.5 Å². The topological polar surface area (TPSA) is 0 Å². The van der Waals surface area contributed by atoms with Gasteiger partial charge in [-0.1, -0.05) is 158 Å². The van der Waals surface area contributed by atoms with Crippen LogP contribution in [0, 0.1) is 0 Å². The molecule has 2 unspecified atom stereocenters. The fourth-order valence-electron chi connectivity index (χ4n) is 2.11. The lowest BCUT2D eigenvalue weighted by molar-refractivity contribution is 0.636. The van der Waals surface area contributed by atoms with Crippen molar-refractivity contribution in [3.05, 3.63) is 53.8 Å². The average molecular weight is 973 g/mol. The van der Waals surface area contributed by atoms with Gasteiger partial charge in [0.25, 0.3) is 0 Å². The maximum atomic E-state index is 3.97. The van der Waals surface area contributed by atoms with E-state index >= 15 is 0 Å². The third kappa shape index (κ3) is 3.80. The number of hydrogen-bond acceptors (Lipinski definition) is 0. The Kier molecular flexibility index (Phi) is 8.62. The summed E-state index contributed by atoms with van der Waals surface area (Å²) in [5.41, 5.74) is 1.05. The van der Waals surface area contributed by atoms with Crippen molar-refractivity contribution in [2.24, 2.45) is 0 Å². The van der Waals surface area contributed by atoms with Gasteiger partial charge in [-0.2, -0.15) is 0 Å². The highest BCUT2D eigenvalue weighted by molar-refractivity contribution is 9.30. The normalized spacial score (nSPS) is 26.2. The lowest BCUT2D eigenvalue weighted by atomic mass is 9.92. The molecule has 1 aliphatic carbocycles. The summed E-state index contributed by atoms with van der Waals surface area (Å²) in [4.78, 5) is -0.0908. The van der Waals surface area contributed by atoms with Crippen molar-refractivity contribution in [1.82, 2.24) is 0 Å². The predicted molar refractivity (Wildman–Crippen MR) is 141 cm³/mol. The number of alkyl halides is 6. The summed E-state index contributed by atoms with van der Waals surface area (Å²) in [5, 5.41) is 0. The highest BCUT2D eigenvalue weighted by Crippen LogP contribution is 2.69. The molecule has 0 N–H and O–H groups in total. The molecule has 0 fully saturated rings. The number of allylic oxidation sites excluding steroid dienone is 4. The number of hydrogen-bond donors (Lipinski definition) is 0. The van der Waals surface area contributed by atoms with Gasteiger partial charge in [-0.15, -0.1) is 0 Å². The molecule has 24 heavy (non-hydrogen) atoms. The molecule has 0 saturated carbocycles. The Balaban J connectivity index is 2.68. The summed E-state index contributed by atoms with van der Waals surface area (Å²) in [6.45, 7) is 0. The molecule has 2 rings (SSSR count). The van der Waals surface area contributed by atoms with E-state index in [9.17, 15) is 0 Å². The van der Waals surface area contributed by atoms with Gasteiger partial charge >= 0.3 is 0 Å². The van der Waals surface area contributed by atoms with Crippen LogP contribution in [0.3, 0.4) is 0 Å². The van der Waals surface area contributed by atoms with Gasteiger partial charge in [0, 0.05) is 17.9 Å². The predicted octanol–water partition coefficient (Wildman–Crippen LogP) is 10.0. The summed E-state index contributed by atoms with van der Waals surface area (Å²) in [6, 6.07) is 10.1. The van der Waals surface area contributed by atoms with Crippen molar-refractivity contribution < 1.29 is 0 Å². The molecule has 2 atom stereocenters. The van der Waals surface area contributed by atoms with E-state index in [1.165, 1.54) is 0 Å². The van der Waals surface area contributed by atoms with Crippen LogP contribution >= 0.6 is 159 Å². The van der Waals surface area contributed by atoms with E-state index in [-0.39, 0.29) is 4.83 Å². The molecule has 0 aliphatic heterocycles. The standard InChI is InChI=1S/C14H6Br10/c15-7-8(16)10(18)12(20,11(19)9(7)17)14(23,24)13(21,22)6-4-2-1-3-5-6/h1-5,10H. The van der Waals surface area contributed by atoms with Gasteiger partial charge in [-0.3, -0.25) is 0 Å². The summed E-state index contributed by atoms with van der Waals surface area (Å²) in [5.74, 6) is 0. The van der Waals surface area contributed by atoms with Crippen molar-refractivity contribution >= 4 is 159 Å². The molecule has 10 heteroatoms. The van der Waals surface area contributed by atoms with Crippen LogP contribution in [0.2, 0.25) is 0 Å². The Labute approximate surface area is 225 Å². The second kappa shape index (κ2) is 8.70. The van der Waals surface area contributed by atoms with E-state index in [1.54, 1.807) is 0 Å². The van der Waals surface area contributed by atoms with Gasteiger partial charge < -0.3 is 0 Å². The second-order valence-electron chi connectivity index (χ2n) is 4.88. The monoisotopic (exact) mass is 963 g/mol. The zero-order chi connectivity index (χ0) is 18.5. The fourth-order valence-corrected chi connectivity index (χ4v) is 11.7. The maximum Gasteiger partial charge on any atom is 0.132 e. The largest absolute Gasteiger partial charge is 0.132 e. The van der Waals surface area contributed by atoms with Crippen LogP contribution in [-0.4, -0.2) is 12.4 Å². The SMILES string of the molecule is BrC1=C(Br)C(Br)C(Br)(C(Br)(Br)C(Br)(Br)c2ccccc2)C(Br)=C1Br. The molecule has 0 saturated heterocycles. The molecular weight excluding hydrogens is 967 g/mol. The first-order chi connectivity index (χ1) is 10.9. The third-order valence-electron chi connectivity index (χ3n) is 3.47. The van der Waals surface area contributed by atoms with Gasteiger partial charge in [0.15, 0.2) is 0 Å². The first kappa shape index (κ1) is 23.8. The Morgan fingerprint density at radius 1 is 0.833 bits per heavy atom. The zero-order valence-electron chi connectivity index (χ0n) is 11.2. The number of halogens is 10. The molecule has 0 spiro atoms. The van der Waals surface area contributed by atoms with Crippen LogP contribution in [0.1, 0.15) is 5.56 Å². The molecule has 0 aromatic heterocycles. The zero-order valence-corrected chi connectivity index (χ0v) is 27.1. The molecular formula is C14H6Br10. The summed E-state index contributed by atoms with van der Waals surface area (Å²) in [7, 11) is 0. The van der Waals surface area contributed by atoms with Crippen molar-refractivity contribution in [3.63, 3.8) is 0 Å². The van der Waals surface area contributed by atoms with E-state index in [1.807, 2.05) is 18.2 Å². The second-order valence-corrected chi connectivity index (χ2v) is 17.2. The quantitative estimate of drug-likeness (QED) is 0.265. The van der Waals surface area contributed by atoms with Crippen LogP contribution in [0.4, 0.5) is 0 Å². The Bertz CT molecular complexity index is 706.